The van der Waals surface area contributed by atoms with E-state index in [1.54, 1.807) is 19.1 Å². The van der Waals surface area contributed by atoms with Crippen molar-refractivity contribution in [3.8, 4) is 5.69 Å². The molecule has 1 N–H and O–H groups in total. The van der Waals surface area contributed by atoms with E-state index in [0.717, 1.165) is 29.8 Å². The molecule has 1 aromatic heterocycles. The zero-order valence-electron chi connectivity index (χ0n) is 15.0. The van der Waals surface area contributed by atoms with Gasteiger partial charge < -0.3 is 5.32 Å². The Morgan fingerprint density at radius 3 is 2.65 bits per heavy atom. The summed E-state index contributed by atoms with van der Waals surface area (Å²) < 4.78 is 15.4. The average molecular weight is 351 g/mol. The van der Waals surface area contributed by atoms with E-state index in [-0.39, 0.29) is 11.7 Å². The van der Waals surface area contributed by atoms with Crippen molar-refractivity contribution in [2.75, 3.05) is 6.54 Å². The van der Waals surface area contributed by atoms with Crippen LogP contribution in [0.2, 0.25) is 0 Å². The predicted octanol–water partition coefficient (Wildman–Crippen LogP) is 3.99. The van der Waals surface area contributed by atoms with E-state index < -0.39 is 0 Å². The molecule has 0 aliphatic rings. The van der Waals surface area contributed by atoms with Gasteiger partial charge in [0.1, 0.15) is 5.82 Å². The number of aromatic nitrogens is 2. The Hall–Kier alpha value is -2.95. The van der Waals surface area contributed by atoms with Crippen molar-refractivity contribution in [3.05, 3.63) is 82.9 Å². The van der Waals surface area contributed by atoms with Crippen LogP contribution in [0.25, 0.3) is 5.69 Å². The van der Waals surface area contributed by atoms with Gasteiger partial charge in [-0.15, -0.1) is 0 Å². The Bertz CT molecular complexity index is 903. The standard InChI is InChI=1S/C21H22FN3O/c1-15-10-11-17(13-20(15)22)21(26)23-12-6-7-18-14-25(24-16(18)2)19-8-4-3-5-9-19/h3-5,8-11,13-14H,6-7,12H2,1-2H3,(H,23,26). The molecule has 1 amide bonds. The smallest absolute Gasteiger partial charge is 0.251 e. The fourth-order valence-corrected chi connectivity index (χ4v) is 2.77. The molecule has 4 nitrogen and oxygen atoms in total. The molecule has 0 saturated carbocycles. The van der Waals surface area contributed by atoms with Gasteiger partial charge in [0.2, 0.25) is 0 Å². The molecule has 0 aliphatic heterocycles. The Labute approximate surface area is 152 Å². The molecular weight excluding hydrogens is 329 g/mol. The van der Waals surface area contributed by atoms with Crippen LogP contribution < -0.4 is 5.32 Å². The lowest BCUT2D eigenvalue weighted by atomic mass is 10.1. The van der Waals surface area contributed by atoms with Crippen LogP contribution in [0.4, 0.5) is 4.39 Å². The summed E-state index contributed by atoms with van der Waals surface area (Å²) in [6.07, 6.45) is 3.64. The van der Waals surface area contributed by atoms with Gasteiger partial charge >= 0.3 is 0 Å². The number of rotatable bonds is 6. The summed E-state index contributed by atoms with van der Waals surface area (Å²) in [6.45, 7) is 4.20. The molecule has 0 saturated heterocycles. The summed E-state index contributed by atoms with van der Waals surface area (Å²) in [6, 6.07) is 14.5. The lowest BCUT2D eigenvalue weighted by Gasteiger charge is -2.06. The molecule has 0 radical (unpaired) electrons. The van der Waals surface area contributed by atoms with E-state index >= 15 is 0 Å². The first-order valence-corrected chi connectivity index (χ1v) is 8.69. The van der Waals surface area contributed by atoms with Crippen LogP contribution in [0.15, 0.2) is 54.7 Å². The molecule has 0 aliphatic carbocycles. The van der Waals surface area contributed by atoms with Crippen molar-refractivity contribution in [1.82, 2.24) is 15.1 Å². The molecule has 0 bridgehead atoms. The van der Waals surface area contributed by atoms with Crippen LogP contribution in [-0.4, -0.2) is 22.2 Å². The van der Waals surface area contributed by atoms with Crippen molar-refractivity contribution in [1.29, 1.82) is 0 Å². The summed E-state index contributed by atoms with van der Waals surface area (Å²) in [5.41, 5.74) is 4.05. The van der Waals surface area contributed by atoms with E-state index in [0.29, 0.717) is 17.7 Å². The van der Waals surface area contributed by atoms with Crippen LogP contribution in [0.1, 0.15) is 33.6 Å². The van der Waals surface area contributed by atoms with Crippen LogP contribution in [0, 0.1) is 19.7 Å². The van der Waals surface area contributed by atoms with Gasteiger partial charge in [0, 0.05) is 18.3 Å². The highest BCUT2D eigenvalue weighted by molar-refractivity contribution is 5.94. The van der Waals surface area contributed by atoms with Gasteiger partial charge in [-0.1, -0.05) is 24.3 Å². The zero-order chi connectivity index (χ0) is 18.5. The number of para-hydroxylation sites is 1. The van der Waals surface area contributed by atoms with Crippen molar-refractivity contribution >= 4 is 5.91 Å². The molecule has 5 heteroatoms. The SMILES string of the molecule is Cc1ccc(C(=O)NCCCc2cn(-c3ccccc3)nc2C)cc1F. The van der Waals surface area contributed by atoms with Crippen molar-refractivity contribution in [3.63, 3.8) is 0 Å². The predicted molar refractivity (Wildman–Crippen MR) is 100 cm³/mol. The lowest BCUT2D eigenvalue weighted by Crippen LogP contribution is -2.24. The molecule has 2 aromatic carbocycles. The number of nitrogens with one attached hydrogen (secondary N) is 1. The number of amides is 1. The molecule has 0 atom stereocenters. The number of carbonyl (C=O) groups excluding carboxylic acids is 1. The average Bonchev–Trinajstić information content (AvgIpc) is 3.02. The Kier molecular flexibility index (Phi) is 5.46. The number of hydrogen-bond donors (Lipinski definition) is 1. The third-order valence-corrected chi connectivity index (χ3v) is 4.36. The first-order valence-electron chi connectivity index (χ1n) is 8.69. The molecule has 0 fully saturated rings. The summed E-state index contributed by atoms with van der Waals surface area (Å²) in [4.78, 5) is 12.1. The number of halogens is 1. The number of benzene rings is 2. The Morgan fingerprint density at radius 1 is 1.15 bits per heavy atom. The van der Waals surface area contributed by atoms with E-state index in [2.05, 4.69) is 10.4 Å². The van der Waals surface area contributed by atoms with Crippen LogP contribution >= 0.6 is 0 Å². The maximum Gasteiger partial charge on any atom is 0.251 e. The second-order valence-corrected chi connectivity index (χ2v) is 6.34. The summed E-state index contributed by atoms with van der Waals surface area (Å²) >= 11 is 0. The number of carbonyl (C=O) groups is 1. The first kappa shape index (κ1) is 17.9. The van der Waals surface area contributed by atoms with E-state index in [9.17, 15) is 9.18 Å². The van der Waals surface area contributed by atoms with Crippen LogP contribution in [-0.2, 0) is 6.42 Å². The first-order chi connectivity index (χ1) is 12.5. The van der Waals surface area contributed by atoms with Crippen LogP contribution in [0.3, 0.4) is 0 Å². The molecule has 0 unspecified atom stereocenters. The maximum atomic E-state index is 13.5. The maximum absolute atomic E-state index is 13.5. The summed E-state index contributed by atoms with van der Waals surface area (Å²) in [7, 11) is 0. The molecule has 0 spiro atoms. The second-order valence-electron chi connectivity index (χ2n) is 6.34. The quantitative estimate of drug-likeness (QED) is 0.683. The third kappa shape index (κ3) is 4.17. The molecule has 3 rings (SSSR count). The number of hydrogen-bond acceptors (Lipinski definition) is 2. The molecule has 1 heterocycles. The van der Waals surface area contributed by atoms with Gasteiger partial charge in [-0.3, -0.25) is 4.79 Å². The van der Waals surface area contributed by atoms with Crippen molar-refractivity contribution in [2.24, 2.45) is 0 Å². The van der Waals surface area contributed by atoms with E-state index in [4.69, 9.17) is 0 Å². The molecule has 26 heavy (non-hydrogen) atoms. The molecule has 3 aromatic rings. The van der Waals surface area contributed by atoms with Gasteiger partial charge in [-0.05, 0) is 62.1 Å². The van der Waals surface area contributed by atoms with E-state index in [1.807, 2.05) is 48.1 Å². The van der Waals surface area contributed by atoms with Gasteiger partial charge in [-0.25, -0.2) is 9.07 Å². The second kappa shape index (κ2) is 7.95. The van der Waals surface area contributed by atoms with Gasteiger partial charge in [-0.2, -0.15) is 5.10 Å². The largest absolute Gasteiger partial charge is 0.352 e. The summed E-state index contributed by atoms with van der Waals surface area (Å²) in [5, 5.41) is 7.39. The minimum absolute atomic E-state index is 0.249. The monoisotopic (exact) mass is 351 g/mol. The normalized spacial score (nSPS) is 10.7. The Morgan fingerprint density at radius 2 is 1.92 bits per heavy atom. The number of aryl methyl sites for hydroxylation is 3. The summed E-state index contributed by atoms with van der Waals surface area (Å²) in [5.74, 6) is -0.609. The molecule has 134 valence electrons. The fourth-order valence-electron chi connectivity index (χ4n) is 2.77. The minimum atomic E-state index is -0.360. The number of nitrogens with zero attached hydrogens (tertiary/aromatic N) is 2. The lowest BCUT2D eigenvalue weighted by molar-refractivity contribution is 0.0953. The topological polar surface area (TPSA) is 46.9 Å². The van der Waals surface area contributed by atoms with Crippen LogP contribution in [0.5, 0.6) is 0 Å². The molecular formula is C21H22FN3O. The highest BCUT2D eigenvalue weighted by Crippen LogP contribution is 2.13. The van der Waals surface area contributed by atoms with Crippen molar-refractivity contribution in [2.45, 2.75) is 26.7 Å². The highest BCUT2D eigenvalue weighted by atomic mass is 19.1. The zero-order valence-corrected chi connectivity index (χ0v) is 15.0. The third-order valence-electron chi connectivity index (χ3n) is 4.36. The van der Waals surface area contributed by atoms with E-state index in [1.165, 1.54) is 6.07 Å². The van der Waals surface area contributed by atoms with Gasteiger partial charge in [0.15, 0.2) is 0 Å². The highest BCUT2D eigenvalue weighted by Gasteiger charge is 2.09. The van der Waals surface area contributed by atoms with Crippen molar-refractivity contribution < 1.29 is 9.18 Å². The van der Waals surface area contributed by atoms with Gasteiger partial charge in [0.05, 0.1) is 11.4 Å². The fraction of sp³-hybridized carbons (Fsp3) is 0.238. The minimum Gasteiger partial charge on any atom is -0.352 e. The van der Waals surface area contributed by atoms with Gasteiger partial charge in [0.25, 0.3) is 5.91 Å². The Balaban J connectivity index is 1.53.